The predicted molar refractivity (Wildman–Crippen MR) is 76.8 cm³/mol. The minimum absolute atomic E-state index is 0.0421. The molecular formula is C15H17ClN2O. The molecule has 100 valence electrons. The number of Topliss-reactive ketones (excluding diaryl/α,β-unsaturated/α-hetero) is 1. The lowest BCUT2D eigenvalue weighted by molar-refractivity contribution is 0.0984. The first-order chi connectivity index (χ1) is 9.01. The average Bonchev–Trinajstić information content (AvgIpc) is 2.74. The molecule has 0 aliphatic heterocycles. The molecule has 1 heterocycles. The van der Waals surface area contributed by atoms with Crippen molar-refractivity contribution in [3.8, 4) is 0 Å². The van der Waals surface area contributed by atoms with Gasteiger partial charge in [0.15, 0.2) is 5.78 Å². The number of halogens is 1. The molecule has 0 N–H and O–H groups in total. The molecule has 0 unspecified atom stereocenters. The molecule has 19 heavy (non-hydrogen) atoms. The van der Waals surface area contributed by atoms with Gasteiger partial charge in [0.25, 0.3) is 0 Å². The second kappa shape index (κ2) is 5.57. The summed E-state index contributed by atoms with van der Waals surface area (Å²) in [6.07, 6.45) is 1.13. The van der Waals surface area contributed by atoms with E-state index in [1.807, 2.05) is 38.1 Å². The zero-order valence-electron chi connectivity index (χ0n) is 11.4. The van der Waals surface area contributed by atoms with E-state index in [1.165, 1.54) is 0 Å². The summed E-state index contributed by atoms with van der Waals surface area (Å²) in [4.78, 5) is 12.3. The van der Waals surface area contributed by atoms with Crippen molar-refractivity contribution in [1.82, 2.24) is 9.78 Å². The van der Waals surface area contributed by atoms with Crippen molar-refractivity contribution in [1.29, 1.82) is 0 Å². The summed E-state index contributed by atoms with van der Waals surface area (Å²) in [5, 5.41) is 4.94. The van der Waals surface area contributed by atoms with Gasteiger partial charge in [-0.1, -0.05) is 30.7 Å². The van der Waals surface area contributed by atoms with Crippen LogP contribution in [0.3, 0.4) is 0 Å². The molecule has 0 spiro atoms. The highest BCUT2D eigenvalue weighted by Crippen LogP contribution is 2.19. The maximum absolute atomic E-state index is 12.3. The van der Waals surface area contributed by atoms with Gasteiger partial charge >= 0.3 is 0 Å². The molecule has 0 aliphatic rings. The minimum Gasteiger partial charge on any atom is -0.292 e. The van der Waals surface area contributed by atoms with E-state index >= 15 is 0 Å². The zero-order valence-corrected chi connectivity index (χ0v) is 12.2. The van der Waals surface area contributed by atoms with Gasteiger partial charge in [0.1, 0.15) is 5.69 Å². The van der Waals surface area contributed by atoms with E-state index in [1.54, 1.807) is 11.7 Å². The van der Waals surface area contributed by atoms with E-state index in [-0.39, 0.29) is 5.78 Å². The lowest BCUT2D eigenvalue weighted by atomic mass is 10.0. The summed E-state index contributed by atoms with van der Waals surface area (Å²) >= 11 is 6.16. The van der Waals surface area contributed by atoms with Crippen LogP contribution in [-0.2, 0) is 19.9 Å². The molecule has 0 atom stereocenters. The lowest BCUT2D eigenvalue weighted by Crippen LogP contribution is -2.09. The number of ketones is 1. The summed E-state index contributed by atoms with van der Waals surface area (Å²) in [6.45, 7) is 4.00. The topological polar surface area (TPSA) is 34.9 Å². The Morgan fingerprint density at radius 1 is 1.37 bits per heavy atom. The van der Waals surface area contributed by atoms with Crippen molar-refractivity contribution in [3.05, 3.63) is 51.8 Å². The molecule has 0 saturated heterocycles. The number of hydrogen-bond donors (Lipinski definition) is 0. The van der Waals surface area contributed by atoms with Gasteiger partial charge in [0.05, 0.1) is 5.69 Å². The average molecular weight is 277 g/mol. The fourth-order valence-electron chi connectivity index (χ4n) is 2.02. The first-order valence-corrected chi connectivity index (χ1v) is 6.70. The third kappa shape index (κ3) is 3.04. The number of carbonyl (C=O) groups is 1. The molecule has 2 rings (SSSR count). The van der Waals surface area contributed by atoms with Gasteiger partial charge in [-0.05, 0) is 36.6 Å². The minimum atomic E-state index is 0.0421. The van der Waals surface area contributed by atoms with Crippen LogP contribution >= 0.6 is 11.6 Å². The van der Waals surface area contributed by atoms with E-state index in [4.69, 9.17) is 11.6 Å². The van der Waals surface area contributed by atoms with Crippen LogP contribution in [0.15, 0.2) is 24.3 Å². The highest BCUT2D eigenvalue weighted by Gasteiger charge is 2.14. The van der Waals surface area contributed by atoms with Crippen molar-refractivity contribution < 1.29 is 4.79 Å². The number of aryl methyl sites for hydroxylation is 3. The standard InChI is InChI=1S/C15H17ClN2O/c1-4-12-9-14(18(3)17-12)15(19)8-11-6-5-10(2)7-13(11)16/h5-7,9H,4,8H2,1-3H3. The number of benzene rings is 1. The van der Waals surface area contributed by atoms with Gasteiger partial charge in [-0.25, -0.2) is 0 Å². The molecule has 2 aromatic rings. The molecule has 0 amide bonds. The summed E-state index contributed by atoms with van der Waals surface area (Å²) in [6, 6.07) is 7.61. The van der Waals surface area contributed by atoms with Crippen molar-refractivity contribution in [3.63, 3.8) is 0 Å². The molecule has 3 nitrogen and oxygen atoms in total. The smallest absolute Gasteiger partial charge is 0.185 e. The van der Waals surface area contributed by atoms with Gasteiger partial charge in [-0.3, -0.25) is 9.48 Å². The Labute approximate surface area is 118 Å². The molecule has 4 heteroatoms. The van der Waals surface area contributed by atoms with Crippen LogP contribution in [0.5, 0.6) is 0 Å². The number of aromatic nitrogens is 2. The summed E-state index contributed by atoms with van der Waals surface area (Å²) in [7, 11) is 1.79. The lowest BCUT2D eigenvalue weighted by Gasteiger charge is -2.05. The highest BCUT2D eigenvalue weighted by molar-refractivity contribution is 6.31. The Morgan fingerprint density at radius 3 is 2.68 bits per heavy atom. The normalized spacial score (nSPS) is 10.7. The molecule has 1 aromatic carbocycles. The highest BCUT2D eigenvalue weighted by atomic mass is 35.5. The summed E-state index contributed by atoms with van der Waals surface area (Å²) < 4.78 is 1.64. The Morgan fingerprint density at radius 2 is 2.11 bits per heavy atom. The van der Waals surface area contributed by atoms with E-state index in [2.05, 4.69) is 5.10 Å². The molecule has 0 bridgehead atoms. The molecule has 0 saturated carbocycles. The molecule has 0 fully saturated rings. The van der Waals surface area contributed by atoms with Gasteiger partial charge in [-0.2, -0.15) is 5.10 Å². The van der Waals surface area contributed by atoms with Crippen LogP contribution in [-0.4, -0.2) is 15.6 Å². The monoisotopic (exact) mass is 276 g/mol. The van der Waals surface area contributed by atoms with Gasteiger partial charge < -0.3 is 0 Å². The van der Waals surface area contributed by atoms with Gasteiger partial charge in [0.2, 0.25) is 0 Å². The van der Waals surface area contributed by atoms with Crippen LogP contribution in [0, 0.1) is 6.92 Å². The second-order valence-electron chi connectivity index (χ2n) is 4.69. The Kier molecular flexibility index (Phi) is 4.05. The van der Waals surface area contributed by atoms with Gasteiger partial charge in [-0.15, -0.1) is 0 Å². The SMILES string of the molecule is CCc1cc(C(=O)Cc2ccc(C)cc2Cl)n(C)n1. The molecule has 0 aliphatic carbocycles. The number of carbonyl (C=O) groups excluding carboxylic acids is 1. The van der Waals surface area contributed by atoms with Crippen molar-refractivity contribution >= 4 is 17.4 Å². The Hall–Kier alpha value is -1.61. The van der Waals surface area contributed by atoms with Crippen LogP contribution in [0.2, 0.25) is 5.02 Å². The maximum Gasteiger partial charge on any atom is 0.185 e. The van der Waals surface area contributed by atoms with E-state index < -0.39 is 0 Å². The Balaban J connectivity index is 2.23. The third-order valence-electron chi connectivity index (χ3n) is 3.14. The maximum atomic E-state index is 12.3. The summed E-state index contributed by atoms with van der Waals surface area (Å²) in [5.41, 5.74) is 3.51. The molecule has 0 radical (unpaired) electrons. The van der Waals surface area contributed by atoms with Crippen molar-refractivity contribution in [2.24, 2.45) is 7.05 Å². The van der Waals surface area contributed by atoms with Crippen LogP contribution in [0.25, 0.3) is 0 Å². The van der Waals surface area contributed by atoms with Crippen LogP contribution in [0.4, 0.5) is 0 Å². The van der Waals surface area contributed by atoms with Crippen LogP contribution in [0.1, 0.15) is 34.2 Å². The summed E-state index contributed by atoms with van der Waals surface area (Å²) in [5.74, 6) is 0.0421. The third-order valence-corrected chi connectivity index (χ3v) is 3.49. The van der Waals surface area contributed by atoms with E-state index in [0.717, 1.165) is 23.2 Å². The largest absolute Gasteiger partial charge is 0.292 e. The van der Waals surface area contributed by atoms with E-state index in [9.17, 15) is 4.79 Å². The van der Waals surface area contributed by atoms with Gasteiger partial charge in [0, 0.05) is 18.5 Å². The first kappa shape index (κ1) is 13.8. The fourth-order valence-corrected chi connectivity index (χ4v) is 2.32. The van der Waals surface area contributed by atoms with Crippen molar-refractivity contribution in [2.75, 3.05) is 0 Å². The predicted octanol–water partition coefficient (Wildman–Crippen LogP) is 3.37. The number of nitrogens with zero attached hydrogens (tertiary/aromatic N) is 2. The zero-order chi connectivity index (χ0) is 14.0. The number of rotatable bonds is 4. The second-order valence-corrected chi connectivity index (χ2v) is 5.10. The quantitative estimate of drug-likeness (QED) is 0.803. The fraction of sp³-hybridized carbons (Fsp3) is 0.333. The van der Waals surface area contributed by atoms with Crippen LogP contribution < -0.4 is 0 Å². The Bertz CT molecular complexity index is 617. The van der Waals surface area contributed by atoms with E-state index in [0.29, 0.717) is 17.1 Å². The first-order valence-electron chi connectivity index (χ1n) is 6.32. The van der Waals surface area contributed by atoms with Crippen molar-refractivity contribution in [2.45, 2.75) is 26.7 Å². The molecule has 1 aromatic heterocycles. The molecular weight excluding hydrogens is 260 g/mol. The number of hydrogen-bond acceptors (Lipinski definition) is 2.